The van der Waals surface area contributed by atoms with E-state index < -0.39 is 35.3 Å². The first-order valence-electron chi connectivity index (χ1n) is 9.54. The highest BCUT2D eigenvalue weighted by Crippen LogP contribution is 2.29. The van der Waals surface area contributed by atoms with Gasteiger partial charge in [0.2, 0.25) is 5.91 Å². The molecule has 2 atom stereocenters. The molecule has 2 N–H and O–H groups in total. The van der Waals surface area contributed by atoms with Gasteiger partial charge in [0, 0.05) is 13.0 Å². The van der Waals surface area contributed by atoms with Crippen LogP contribution < -0.4 is 5.48 Å². The number of methoxy groups -OCH3 is 1. The summed E-state index contributed by atoms with van der Waals surface area (Å²) in [5.41, 5.74) is 0.686. The van der Waals surface area contributed by atoms with E-state index in [2.05, 4.69) is 6.58 Å². The Bertz CT molecular complexity index is 527. The Morgan fingerprint density at radius 2 is 1.82 bits per heavy atom. The highest BCUT2D eigenvalue weighted by molar-refractivity contribution is 5.99. The molecule has 28 heavy (non-hydrogen) atoms. The van der Waals surface area contributed by atoms with Crippen molar-refractivity contribution in [3.8, 4) is 0 Å². The average Bonchev–Trinajstić information content (AvgIpc) is 2.60. The molecule has 0 aliphatic rings. The zero-order chi connectivity index (χ0) is 21.9. The third-order valence-corrected chi connectivity index (χ3v) is 4.21. The van der Waals surface area contributed by atoms with Gasteiger partial charge in [-0.3, -0.25) is 10.0 Å². The number of hydrogen-bond acceptors (Lipinski definition) is 6. The van der Waals surface area contributed by atoms with Gasteiger partial charge in [0.1, 0.15) is 12.6 Å². The molecule has 0 aliphatic heterocycles. The van der Waals surface area contributed by atoms with Crippen LogP contribution in [-0.2, 0) is 19.1 Å². The second-order valence-electron chi connectivity index (χ2n) is 8.25. The lowest BCUT2D eigenvalue weighted by molar-refractivity contribution is -0.160. The van der Waals surface area contributed by atoms with E-state index in [1.54, 1.807) is 26.8 Å². The van der Waals surface area contributed by atoms with Gasteiger partial charge < -0.3 is 9.47 Å². The van der Waals surface area contributed by atoms with Crippen molar-refractivity contribution < 1.29 is 29.1 Å². The molecule has 3 amide bonds. The second-order valence-corrected chi connectivity index (χ2v) is 8.25. The van der Waals surface area contributed by atoms with E-state index in [9.17, 15) is 19.6 Å². The summed E-state index contributed by atoms with van der Waals surface area (Å²) >= 11 is 0. The van der Waals surface area contributed by atoms with E-state index in [0.717, 1.165) is 4.90 Å². The molecule has 8 nitrogen and oxygen atoms in total. The van der Waals surface area contributed by atoms with Crippen LogP contribution in [0.1, 0.15) is 53.9 Å². The molecule has 0 aromatic rings. The molecule has 0 aromatic carbocycles. The molecule has 162 valence electrons. The second kappa shape index (κ2) is 12.5. The highest BCUT2D eigenvalue weighted by atomic mass is 16.6. The summed E-state index contributed by atoms with van der Waals surface area (Å²) in [6, 6.07) is -2.26. The van der Waals surface area contributed by atoms with Gasteiger partial charge in [0.25, 0.3) is 0 Å². The SMILES string of the molecule is C=CCCC(CC(C)C)C(=O)N(C(=O)NO)[C@H](C(=O)OCCOC)C(C)(C)C. The van der Waals surface area contributed by atoms with E-state index in [4.69, 9.17) is 9.47 Å². The van der Waals surface area contributed by atoms with Gasteiger partial charge in [-0.15, -0.1) is 6.58 Å². The number of esters is 1. The van der Waals surface area contributed by atoms with Gasteiger partial charge in [0.15, 0.2) is 0 Å². The van der Waals surface area contributed by atoms with Crippen LogP contribution in [0.4, 0.5) is 4.79 Å². The minimum atomic E-state index is -1.21. The summed E-state index contributed by atoms with van der Waals surface area (Å²) in [4.78, 5) is 39.3. The van der Waals surface area contributed by atoms with Crippen molar-refractivity contribution in [1.29, 1.82) is 0 Å². The average molecular weight is 401 g/mol. The van der Waals surface area contributed by atoms with Gasteiger partial charge in [-0.25, -0.2) is 20.0 Å². The number of nitrogens with zero attached hydrogens (tertiary/aromatic N) is 1. The predicted molar refractivity (Wildman–Crippen MR) is 106 cm³/mol. The number of hydroxylamine groups is 1. The number of allylic oxidation sites excluding steroid dienone is 1. The standard InChI is InChI=1S/C20H36N2O6/c1-8-9-10-15(13-14(2)3)17(23)22(19(25)21-26)16(20(4,5)6)18(24)28-12-11-27-7/h8,14-16,26H,1,9-13H2,2-7H3,(H,21,25)/t15?,16-/m1/s1. The largest absolute Gasteiger partial charge is 0.462 e. The van der Waals surface area contributed by atoms with E-state index in [1.165, 1.54) is 12.6 Å². The monoisotopic (exact) mass is 400 g/mol. The van der Waals surface area contributed by atoms with Crippen LogP contribution in [0.15, 0.2) is 12.7 Å². The molecule has 0 aliphatic carbocycles. The number of nitrogens with one attached hydrogen (secondary N) is 1. The zero-order valence-corrected chi connectivity index (χ0v) is 18.0. The fourth-order valence-electron chi connectivity index (χ4n) is 2.98. The summed E-state index contributed by atoms with van der Waals surface area (Å²) in [5, 5.41) is 9.22. The van der Waals surface area contributed by atoms with Crippen molar-refractivity contribution in [3.63, 3.8) is 0 Å². The number of rotatable bonds is 11. The molecule has 0 rings (SSSR count). The lowest BCUT2D eigenvalue weighted by Crippen LogP contribution is -2.59. The molecule has 0 fully saturated rings. The Balaban J connectivity index is 5.94. The van der Waals surface area contributed by atoms with Crippen LogP contribution in [0.5, 0.6) is 0 Å². The molecule has 0 bridgehead atoms. The van der Waals surface area contributed by atoms with Crippen molar-refractivity contribution in [2.45, 2.75) is 59.9 Å². The van der Waals surface area contributed by atoms with Crippen molar-refractivity contribution in [1.82, 2.24) is 10.4 Å². The lowest BCUT2D eigenvalue weighted by Gasteiger charge is -2.38. The fraction of sp³-hybridized carbons (Fsp3) is 0.750. The van der Waals surface area contributed by atoms with Crippen LogP contribution in [0.25, 0.3) is 0 Å². The van der Waals surface area contributed by atoms with Crippen molar-refractivity contribution in [2.75, 3.05) is 20.3 Å². The Labute approximate surface area is 168 Å². The van der Waals surface area contributed by atoms with Crippen molar-refractivity contribution in [3.05, 3.63) is 12.7 Å². The first-order valence-corrected chi connectivity index (χ1v) is 9.54. The third kappa shape index (κ3) is 8.39. The number of urea groups is 1. The van der Waals surface area contributed by atoms with Gasteiger partial charge in [-0.1, -0.05) is 40.7 Å². The Kier molecular flexibility index (Phi) is 11.7. The quantitative estimate of drug-likeness (QED) is 0.181. The Morgan fingerprint density at radius 1 is 1.21 bits per heavy atom. The van der Waals surface area contributed by atoms with Crippen molar-refractivity contribution >= 4 is 17.9 Å². The smallest absolute Gasteiger partial charge is 0.348 e. The van der Waals surface area contributed by atoms with E-state index >= 15 is 0 Å². The van der Waals surface area contributed by atoms with E-state index in [-0.39, 0.29) is 19.1 Å². The summed E-state index contributed by atoms with van der Waals surface area (Å²) in [6.07, 6.45) is 3.33. The van der Waals surface area contributed by atoms with Crippen molar-refractivity contribution in [2.24, 2.45) is 17.3 Å². The van der Waals surface area contributed by atoms with Crippen LogP contribution >= 0.6 is 0 Å². The fourth-order valence-corrected chi connectivity index (χ4v) is 2.98. The summed E-state index contributed by atoms with van der Waals surface area (Å²) in [6.45, 7) is 13.0. The molecule has 0 saturated carbocycles. The first-order chi connectivity index (χ1) is 13.0. The maximum atomic E-state index is 13.3. The molecule has 0 spiro atoms. The summed E-state index contributed by atoms with van der Waals surface area (Å²) < 4.78 is 10.1. The topological polar surface area (TPSA) is 105 Å². The Morgan fingerprint density at radius 3 is 2.25 bits per heavy atom. The van der Waals surface area contributed by atoms with Gasteiger partial charge in [-0.05, 0) is 30.6 Å². The van der Waals surface area contributed by atoms with Crippen LogP contribution in [0.3, 0.4) is 0 Å². The van der Waals surface area contributed by atoms with Crippen LogP contribution in [0.2, 0.25) is 0 Å². The first kappa shape index (κ1) is 26.1. The molecular formula is C20H36N2O6. The molecule has 0 aromatic heterocycles. The lowest BCUT2D eigenvalue weighted by atomic mass is 9.84. The van der Waals surface area contributed by atoms with E-state index in [1.807, 2.05) is 13.8 Å². The zero-order valence-electron chi connectivity index (χ0n) is 18.0. The van der Waals surface area contributed by atoms with Gasteiger partial charge in [0.05, 0.1) is 6.61 Å². The normalized spacial score (nSPS) is 13.6. The molecule has 0 saturated heterocycles. The molecule has 0 heterocycles. The molecule has 0 radical (unpaired) electrons. The van der Waals surface area contributed by atoms with Crippen LogP contribution in [-0.4, -0.2) is 54.4 Å². The maximum Gasteiger partial charge on any atom is 0.348 e. The van der Waals surface area contributed by atoms with Crippen LogP contribution in [0, 0.1) is 17.3 Å². The summed E-state index contributed by atoms with van der Waals surface area (Å²) in [7, 11) is 1.47. The number of imide groups is 1. The maximum absolute atomic E-state index is 13.3. The third-order valence-electron chi connectivity index (χ3n) is 4.21. The van der Waals surface area contributed by atoms with E-state index in [0.29, 0.717) is 19.3 Å². The number of ether oxygens (including phenoxy) is 2. The highest BCUT2D eigenvalue weighted by Gasteiger charge is 2.45. The Hall–Kier alpha value is -1.93. The predicted octanol–water partition coefficient (Wildman–Crippen LogP) is 3.15. The number of carbonyl (C=O) groups excluding carboxylic acids is 3. The number of carbonyl (C=O) groups is 3. The molecule has 8 heteroatoms. The summed E-state index contributed by atoms with van der Waals surface area (Å²) in [5.74, 6) is -1.54. The molecule has 1 unspecified atom stereocenters. The number of hydrogen-bond donors (Lipinski definition) is 2. The molecular weight excluding hydrogens is 364 g/mol. The minimum Gasteiger partial charge on any atom is -0.462 e. The van der Waals surface area contributed by atoms with Gasteiger partial charge >= 0.3 is 12.0 Å². The number of amides is 3. The van der Waals surface area contributed by atoms with Gasteiger partial charge in [-0.2, -0.15) is 0 Å². The minimum absolute atomic E-state index is 0.00340.